The fourth-order valence-electron chi connectivity index (χ4n) is 2.35. The van der Waals surface area contributed by atoms with Crippen molar-refractivity contribution < 1.29 is 32.5 Å². The summed E-state index contributed by atoms with van der Waals surface area (Å²) in [6.07, 6.45) is -4.36. The maximum Gasteiger partial charge on any atom is 0.416 e. The Hall–Kier alpha value is -2.35. The summed E-state index contributed by atoms with van der Waals surface area (Å²) < 4.78 is 48.7. The maximum absolute atomic E-state index is 12.6. The number of hydrogen-bond donors (Lipinski definition) is 1. The van der Waals surface area contributed by atoms with E-state index >= 15 is 0 Å². The molecule has 2 aromatic carbocycles. The highest BCUT2D eigenvalue weighted by molar-refractivity contribution is 7.99. The highest BCUT2D eigenvalue weighted by Crippen LogP contribution is 2.33. The van der Waals surface area contributed by atoms with Gasteiger partial charge in [-0.1, -0.05) is 13.8 Å². The topological polar surface area (TPSA) is 55.8 Å². The van der Waals surface area contributed by atoms with Crippen molar-refractivity contribution in [3.8, 4) is 11.5 Å². The highest BCUT2D eigenvalue weighted by Gasteiger charge is 2.30. The van der Waals surface area contributed by atoms with E-state index in [0.29, 0.717) is 18.1 Å². The molecule has 0 amide bonds. The number of carboxylic acid groups (broad SMARTS) is 1. The Morgan fingerprint density at radius 1 is 1.07 bits per heavy atom. The summed E-state index contributed by atoms with van der Waals surface area (Å²) in [6.45, 7) is 5.84. The highest BCUT2D eigenvalue weighted by atomic mass is 32.2. The molecule has 0 heterocycles. The molecule has 8 heteroatoms. The fraction of sp³-hybridized carbons (Fsp3) is 0.381. The van der Waals surface area contributed by atoms with Crippen LogP contribution in [0.3, 0.4) is 0 Å². The number of halogens is 3. The van der Waals surface area contributed by atoms with Crippen LogP contribution in [0.15, 0.2) is 47.4 Å². The maximum atomic E-state index is 12.6. The Morgan fingerprint density at radius 2 is 1.72 bits per heavy atom. The summed E-state index contributed by atoms with van der Waals surface area (Å²) in [4.78, 5) is 11.6. The Balaban J connectivity index is 1.87. The zero-order valence-corrected chi connectivity index (χ0v) is 17.2. The molecular weight excluding hydrogens is 405 g/mol. The van der Waals surface area contributed by atoms with E-state index in [1.807, 2.05) is 32.9 Å². The van der Waals surface area contributed by atoms with Crippen LogP contribution in [0.5, 0.6) is 11.5 Å². The van der Waals surface area contributed by atoms with Gasteiger partial charge >= 0.3 is 12.1 Å². The average molecular weight is 428 g/mol. The minimum atomic E-state index is -4.36. The number of carbonyl (C=O) groups is 1. The third-order valence-electron chi connectivity index (χ3n) is 3.94. The van der Waals surface area contributed by atoms with E-state index in [4.69, 9.17) is 14.6 Å². The van der Waals surface area contributed by atoms with Gasteiger partial charge in [-0.25, -0.2) is 4.79 Å². The van der Waals surface area contributed by atoms with Crippen molar-refractivity contribution in [1.82, 2.24) is 0 Å². The first-order valence-corrected chi connectivity index (χ1v) is 9.83. The molecule has 1 N–H and O–H groups in total. The summed E-state index contributed by atoms with van der Waals surface area (Å²) >= 11 is 1.61. The molecule has 0 aliphatic rings. The second kappa shape index (κ2) is 9.43. The van der Waals surface area contributed by atoms with E-state index in [0.717, 1.165) is 28.3 Å². The molecule has 0 aliphatic heterocycles. The van der Waals surface area contributed by atoms with Crippen molar-refractivity contribution >= 4 is 17.7 Å². The molecule has 0 spiro atoms. The Kier molecular flexibility index (Phi) is 7.46. The van der Waals surface area contributed by atoms with Crippen LogP contribution in [0.25, 0.3) is 0 Å². The van der Waals surface area contributed by atoms with Crippen LogP contribution >= 0.6 is 11.8 Å². The first-order chi connectivity index (χ1) is 13.5. The average Bonchev–Trinajstić information content (AvgIpc) is 2.64. The van der Waals surface area contributed by atoms with E-state index in [1.54, 1.807) is 17.8 Å². The van der Waals surface area contributed by atoms with E-state index in [1.165, 1.54) is 12.1 Å². The molecule has 0 saturated heterocycles. The summed E-state index contributed by atoms with van der Waals surface area (Å²) in [6, 6.07) is 10.2. The van der Waals surface area contributed by atoms with Gasteiger partial charge in [0.2, 0.25) is 0 Å². The zero-order valence-electron chi connectivity index (χ0n) is 16.4. The van der Waals surface area contributed by atoms with Crippen molar-refractivity contribution in [2.24, 2.45) is 5.41 Å². The third kappa shape index (κ3) is 7.53. The summed E-state index contributed by atoms with van der Waals surface area (Å²) in [7, 11) is 0. The van der Waals surface area contributed by atoms with Gasteiger partial charge in [-0.05, 0) is 55.0 Å². The quantitative estimate of drug-likeness (QED) is 0.521. The largest absolute Gasteiger partial charge is 0.493 e. The molecule has 0 fully saturated rings. The predicted octanol–water partition coefficient (Wildman–Crippen LogP) is 5.67. The number of alkyl halides is 3. The van der Waals surface area contributed by atoms with Gasteiger partial charge < -0.3 is 14.6 Å². The lowest BCUT2D eigenvalue weighted by Crippen LogP contribution is -2.24. The van der Waals surface area contributed by atoms with Gasteiger partial charge in [0.25, 0.3) is 0 Å². The smallest absolute Gasteiger partial charge is 0.416 e. The first kappa shape index (κ1) is 22.9. The lowest BCUT2D eigenvalue weighted by Gasteiger charge is -2.24. The van der Waals surface area contributed by atoms with E-state index in [9.17, 15) is 18.0 Å². The van der Waals surface area contributed by atoms with Crippen molar-refractivity contribution in [2.75, 3.05) is 19.0 Å². The number of benzene rings is 2. The molecule has 2 rings (SSSR count). The SMILES string of the molecule is Cc1cc(SCC(C)(C)COc2ccc(C(F)(F)F)cc2)ccc1OCC(=O)O. The molecular formula is C21H23F3O4S. The standard InChI is InChI=1S/C21H23F3O4S/c1-14-10-17(8-9-18(14)27-11-19(25)26)29-13-20(2,3)12-28-16-6-4-15(5-7-16)21(22,23)24/h4-10H,11-13H2,1-3H3,(H,25,26). The Morgan fingerprint density at radius 3 is 2.28 bits per heavy atom. The summed E-state index contributed by atoms with van der Waals surface area (Å²) in [5.74, 6) is 0.619. The van der Waals surface area contributed by atoms with Gasteiger partial charge in [-0.2, -0.15) is 13.2 Å². The number of aliphatic carboxylic acids is 1. The summed E-state index contributed by atoms with van der Waals surface area (Å²) in [5.41, 5.74) is -0.0828. The Labute approximate surface area is 172 Å². The lowest BCUT2D eigenvalue weighted by molar-refractivity contribution is -0.139. The Bertz CT molecular complexity index is 833. The number of aryl methyl sites for hydroxylation is 1. The van der Waals surface area contributed by atoms with E-state index in [-0.39, 0.29) is 12.0 Å². The molecule has 4 nitrogen and oxygen atoms in total. The first-order valence-electron chi connectivity index (χ1n) is 8.84. The van der Waals surface area contributed by atoms with Crippen LogP contribution in [0.4, 0.5) is 13.2 Å². The van der Waals surface area contributed by atoms with Gasteiger partial charge in [0, 0.05) is 16.1 Å². The van der Waals surface area contributed by atoms with Crippen LogP contribution in [0.2, 0.25) is 0 Å². The number of ether oxygens (including phenoxy) is 2. The van der Waals surface area contributed by atoms with E-state index in [2.05, 4.69) is 0 Å². The molecule has 2 aromatic rings. The van der Waals surface area contributed by atoms with E-state index < -0.39 is 17.7 Å². The minimum absolute atomic E-state index is 0.222. The molecule has 158 valence electrons. The van der Waals surface area contributed by atoms with Crippen molar-refractivity contribution in [3.05, 3.63) is 53.6 Å². The zero-order chi connectivity index (χ0) is 21.7. The number of carboxylic acids is 1. The molecule has 0 unspecified atom stereocenters. The van der Waals surface area contributed by atoms with Crippen LogP contribution in [-0.2, 0) is 11.0 Å². The molecule has 0 radical (unpaired) electrons. The summed E-state index contributed by atoms with van der Waals surface area (Å²) in [5, 5.41) is 8.69. The second-order valence-corrected chi connectivity index (χ2v) is 8.42. The normalized spacial score (nSPS) is 11.9. The van der Waals surface area contributed by atoms with Crippen molar-refractivity contribution in [3.63, 3.8) is 0 Å². The van der Waals surface area contributed by atoms with Gasteiger partial charge in [-0.3, -0.25) is 0 Å². The van der Waals surface area contributed by atoms with Crippen LogP contribution in [-0.4, -0.2) is 30.0 Å². The fourth-order valence-corrected chi connectivity index (χ4v) is 3.42. The third-order valence-corrected chi connectivity index (χ3v) is 5.45. The number of thioether (sulfide) groups is 1. The van der Waals surface area contributed by atoms with Gasteiger partial charge in [0.1, 0.15) is 11.5 Å². The number of hydrogen-bond acceptors (Lipinski definition) is 4. The molecule has 0 aromatic heterocycles. The molecule has 0 atom stereocenters. The molecule has 0 bridgehead atoms. The number of rotatable bonds is 9. The van der Waals surface area contributed by atoms with Crippen LogP contribution < -0.4 is 9.47 Å². The molecule has 0 aliphatic carbocycles. The molecule has 29 heavy (non-hydrogen) atoms. The lowest BCUT2D eigenvalue weighted by atomic mass is 9.98. The minimum Gasteiger partial charge on any atom is -0.493 e. The van der Waals surface area contributed by atoms with Gasteiger partial charge in [-0.15, -0.1) is 11.8 Å². The van der Waals surface area contributed by atoms with Gasteiger partial charge in [0.15, 0.2) is 6.61 Å². The van der Waals surface area contributed by atoms with Gasteiger partial charge in [0.05, 0.1) is 12.2 Å². The van der Waals surface area contributed by atoms with Crippen molar-refractivity contribution in [2.45, 2.75) is 31.8 Å². The van der Waals surface area contributed by atoms with Crippen LogP contribution in [0.1, 0.15) is 25.0 Å². The second-order valence-electron chi connectivity index (χ2n) is 7.37. The predicted molar refractivity (Wildman–Crippen MR) is 106 cm³/mol. The van der Waals surface area contributed by atoms with Crippen molar-refractivity contribution in [1.29, 1.82) is 0 Å². The monoisotopic (exact) mass is 428 g/mol. The van der Waals surface area contributed by atoms with Crippen LogP contribution in [0, 0.1) is 12.3 Å². The molecule has 0 saturated carbocycles.